The Labute approximate surface area is 99.0 Å². The number of hydrogen-bond acceptors (Lipinski definition) is 4. The highest BCUT2D eigenvalue weighted by Gasteiger charge is 2.31. The van der Waals surface area contributed by atoms with Gasteiger partial charge in [-0.2, -0.15) is 0 Å². The van der Waals surface area contributed by atoms with Crippen molar-refractivity contribution in [3.05, 3.63) is 0 Å². The van der Waals surface area contributed by atoms with E-state index in [-0.39, 0.29) is 0 Å². The van der Waals surface area contributed by atoms with Crippen LogP contribution in [0.15, 0.2) is 0 Å². The fourth-order valence-corrected chi connectivity index (χ4v) is 1.62. The quantitative estimate of drug-likeness (QED) is 0.510. The fourth-order valence-electron chi connectivity index (χ4n) is 1.62. The molecule has 0 bridgehead atoms. The fraction of sp³-hybridized carbons (Fsp3) is 0.800. The molecule has 4 N–H and O–H groups in total. The van der Waals surface area contributed by atoms with E-state index in [2.05, 4.69) is 5.32 Å². The van der Waals surface area contributed by atoms with Crippen LogP contribution in [0, 0.1) is 0 Å². The van der Waals surface area contributed by atoms with Gasteiger partial charge in [0.05, 0.1) is 12.2 Å². The van der Waals surface area contributed by atoms with E-state index in [1.165, 1.54) is 4.90 Å². The SMILES string of the molecule is CC1(O)CCN(C(=O)N[C@H](CO)C(=O)O)CC1. The highest BCUT2D eigenvalue weighted by atomic mass is 16.4. The number of aliphatic carboxylic acids is 1. The second-order valence-electron chi connectivity index (χ2n) is 4.51. The van der Waals surface area contributed by atoms with Crippen molar-refractivity contribution in [3.63, 3.8) is 0 Å². The van der Waals surface area contributed by atoms with E-state index in [0.717, 1.165) is 0 Å². The summed E-state index contributed by atoms with van der Waals surface area (Å²) < 4.78 is 0. The summed E-state index contributed by atoms with van der Waals surface area (Å²) in [4.78, 5) is 23.7. The molecule has 0 unspecified atom stereocenters. The van der Waals surface area contributed by atoms with Gasteiger partial charge in [0.15, 0.2) is 6.04 Å². The Morgan fingerprint density at radius 2 is 1.94 bits per heavy atom. The van der Waals surface area contributed by atoms with Gasteiger partial charge in [-0.1, -0.05) is 0 Å². The Kier molecular flexibility index (Phi) is 4.30. The average molecular weight is 246 g/mol. The van der Waals surface area contributed by atoms with Crippen molar-refractivity contribution in [2.45, 2.75) is 31.4 Å². The molecule has 0 aromatic carbocycles. The Hall–Kier alpha value is -1.34. The van der Waals surface area contributed by atoms with E-state index in [0.29, 0.717) is 25.9 Å². The van der Waals surface area contributed by atoms with Crippen LogP contribution >= 0.6 is 0 Å². The van der Waals surface area contributed by atoms with Crippen LogP contribution in [-0.4, -0.2) is 63.6 Å². The predicted molar refractivity (Wildman–Crippen MR) is 58.5 cm³/mol. The zero-order chi connectivity index (χ0) is 13.1. The summed E-state index contributed by atoms with van der Waals surface area (Å²) in [5.74, 6) is -1.27. The zero-order valence-corrected chi connectivity index (χ0v) is 9.72. The number of nitrogens with one attached hydrogen (secondary N) is 1. The molecule has 2 amide bonds. The lowest BCUT2D eigenvalue weighted by Gasteiger charge is -2.36. The molecular formula is C10H18N2O5. The van der Waals surface area contributed by atoms with E-state index in [9.17, 15) is 14.7 Å². The molecule has 0 spiro atoms. The number of nitrogens with zero attached hydrogens (tertiary/aromatic N) is 1. The third kappa shape index (κ3) is 3.86. The molecule has 1 fully saturated rings. The van der Waals surface area contributed by atoms with Crippen LogP contribution in [0.5, 0.6) is 0 Å². The second kappa shape index (κ2) is 5.33. The van der Waals surface area contributed by atoms with Gasteiger partial charge in [-0.25, -0.2) is 9.59 Å². The number of aliphatic hydroxyl groups excluding tert-OH is 1. The van der Waals surface area contributed by atoms with Gasteiger partial charge in [0.1, 0.15) is 0 Å². The molecular weight excluding hydrogens is 228 g/mol. The molecule has 0 aliphatic carbocycles. The molecule has 98 valence electrons. The van der Waals surface area contributed by atoms with Crippen LogP contribution < -0.4 is 5.32 Å². The van der Waals surface area contributed by atoms with Gasteiger partial charge >= 0.3 is 12.0 Å². The Morgan fingerprint density at radius 1 is 1.41 bits per heavy atom. The van der Waals surface area contributed by atoms with Crippen molar-refractivity contribution in [3.8, 4) is 0 Å². The van der Waals surface area contributed by atoms with Crippen LogP contribution in [0.3, 0.4) is 0 Å². The molecule has 1 aliphatic heterocycles. The Bertz CT molecular complexity index is 295. The molecule has 0 saturated carbocycles. The van der Waals surface area contributed by atoms with Gasteiger partial charge in [0, 0.05) is 13.1 Å². The van der Waals surface area contributed by atoms with Crippen LogP contribution in [0.2, 0.25) is 0 Å². The van der Waals surface area contributed by atoms with Crippen molar-refractivity contribution < 1.29 is 24.9 Å². The summed E-state index contributed by atoms with van der Waals surface area (Å²) in [7, 11) is 0. The number of carbonyl (C=O) groups is 2. The zero-order valence-electron chi connectivity index (χ0n) is 9.72. The third-order valence-electron chi connectivity index (χ3n) is 2.91. The number of carboxylic acids is 1. The summed E-state index contributed by atoms with van der Waals surface area (Å²) >= 11 is 0. The first-order chi connectivity index (χ1) is 7.85. The number of aliphatic hydroxyl groups is 2. The molecule has 7 nitrogen and oxygen atoms in total. The topological polar surface area (TPSA) is 110 Å². The third-order valence-corrected chi connectivity index (χ3v) is 2.91. The summed E-state index contributed by atoms with van der Waals surface area (Å²) in [6, 6.07) is -1.81. The summed E-state index contributed by atoms with van der Waals surface area (Å²) in [6.07, 6.45) is 0.911. The monoisotopic (exact) mass is 246 g/mol. The Balaban J connectivity index is 2.46. The van der Waals surface area contributed by atoms with Crippen LogP contribution in [0.25, 0.3) is 0 Å². The van der Waals surface area contributed by atoms with Crippen LogP contribution in [0.4, 0.5) is 4.79 Å². The molecule has 0 radical (unpaired) electrons. The van der Waals surface area contributed by atoms with Gasteiger partial charge in [-0.05, 0) is 19.8 Å². The number of urea groups is 1. The van der Waals surface area contributed by atoms with Crippen molar-refractivity contribution in [1.82, 2.24) is 10.2 Å². The van der Waals surface area contributed by atoms with E-state index >= 15 is 0 Å². The Morgan fingerprint density at radius 3 is 2.35 bits per heavy atom. The maximum absolute atomic E-state index is 11.6. The van der Waals surface area contributed by atoms with Crippen LogP contribution in [0.1, 0.15) is 19.8 Å². The molecule has 1 atom stereocenters. The first-order valence-electron chi connectivity index (χ1n) is 5.47. The molecule has 7 heteroatoms. The van der Waals surface area contributed by atoms with Crippen molar-refractivity contribution in [2.75, 3.05) is 19.7 Å². The van der Waals surface area contributed by atoms with E-state index in [1.807, 2.05) is 0 Å². The lowest BCUT2D eigenvalue weighted by Crippen LogP contribution is -2.53. The smallest absolute Gasteiger partial charge is 0.328 e. The molecule has 1 heterocycles. The van der Waals surface area contributed by atoms with Gasteiger partial charge in [-0.15, -0.1) is 0 Å². The minimum Gasteiger partial charge on any atom is -0.480 e. The molecule has 0 aromatic rings. The van der Waals surface area contributed by atoms with Crippen molar-refractivity contribution in [2.24, 2.45) is 0 Å². The maximum atomic E-state index is 11.6. The standard InChI is InChI=1S/C10H18N2O5/c1-10(17)2-4-12(5-3-10)9(16)11-7(6-13)8(14)15/h7,13,17H,2-6H2,1H3,(H,11,16)(H,14,15)/t7-/m1/s1. The molecule has 1 rings (SSSR count). The first kappa shape index (κ1) is 13.7. The highest BCUT2D eigenvalue weighted by Crippen LogP contribution is 2.20. The van der Waals surface area contributed by atoms with Gasteiger partial charge in [0.25, 0.3) is 0 Å². The highest BCUT2D eigenvalue weighted by molar-refractivity contribution is 5.82. The summed E-state index contributed by atoms with van der Waals surface area (Å²) in [5.41, 5.74) is -0.764. The number of hydrogen-bond donors (Lipinski definition) is 4. The number of carboxylic acid groups (broad SMARTS) is 1. The summed E-state index contributed by atoms with van der Waals surface area (Å²) in [5, 5.41) is 29.4. The number of rotatable bonds is 3. The number of likely N-dealkylation sites (tertiary alicyclic amines) is 1. The average Bonchev–Trinajstić information content (AvgIpc) is 2.25. The predicted octanol–water partition coefficient (Wildman–Crippen LogP) is -1.01. The van der Waals surface area contributed by atoms with E-state index < -0.39 is 30.3 Å². The number of piperidine rings is 1. The molecule has 1 saturated heterocycles. The normalized spacial score (nSPS) is 20.8. The van der Waals surface area contributed by atoms with Crippen LogP contribution in [-0.2, 0) is 4.79 Å². The largest absolute Gasteiger partial charge is 0.480 e. The summed E-state index contributed by atoms with van der Waals surface area (Å²) in [6.45, 7) is 1.80. The second-order valence-corrected chi connectivity index (χ2v) is 4.51. The first-order valence-corrected chi connectivity index (χ1v) is 5.47. The minimum atomic E-state index is -1.29. The van der Waals surface area contributed by atoms with E-state index in [1.54, 1.807) is 6.92 Å². The molecule has 17 heavy (non-hydrogen) atoms. The lowest BCUT2D eigenvalue weighted by atomic mass is 9.94. The number of carbonyl (C=O) groups excluding carboxylic acids is 1. The van der Waals surface area contributed by atoms with Gasteiger partial charge < -0.3 is 25.5 Å². The maximum Gasteiger partial charge on any atom is 0.328 e. The number of amides is 2. The molecule has 1 aliphatic rings. The lowest BCUT2D eigenvalue weighted by molar-refractivity contribution is -0.140. The van der Waals surface area contributed by atoms with Gasteiger partial charge in [-0.3, -0.25) is 0 Å². The minimum absolute atomic E-state index is 0.372. The van der Waals surface area contributed by atoms with Crippen molar-refractivity contribution >= 4 is 12.0 Å². The van der Waals surface area contributed by atoms with Crippen molar-refractivity contribution in [1.29, 1.82) is 0 Å². The van der Waals surface area contributed by atoms with E-state index in [4.69, 9.17) is 10.2 Å². The van der Waals surface area contributed by atoms with Gasteiger partial charge in [0.2, 0.25) is 0 Å². The molecule has 0 aromatic heterocycles.